The third-order valence-corrected chi connectivity index (χ3v) is 4.73. The lowest BCUT2D eigenvalue weighted by molar-refractivity contribution is -0.129. The average Bonchev–Trinajstić information content (AvgIpc) is 2.81. The number of hydrogen-bond donors (Lipinski definition) is 1. The summed E-state index contributed by atoms with van der Waals surface area (Å²) in [7, 11) is 3.92. The summed E-state index contributed by atoms with van der Waals surface area (Å²) in [5, 5.41) is 8.34. The molecule has 22 heavy (non-hydrogen) atoms. The van der Waals surface area contributed by atoms with Crippen LogP contribution in [0.3, 0.4) is 0 Å². The van der Waals surface area contributed by atoms with Crippen molar-refractivity contribution >= 4 is 50.4 Å². The molecule has 0 saturated carbocycles. The Kier molecular flexibility index (Phi) is 5.12. The highest BCUT2D eigenvalue weighted by atomic mass is 79.9. The molecule has 0 spiro atoms. The van der Waals surface area contributed by atoms with Gasteiger partial charge in [-0.3, -0.25) is 9.59 Å². The van der Waals surface area contributed by atoms with Gasteiger partial charge in [0, 0.05) is 32.4 Å². The van der Waals surface area contributed by atoms with E-state index in [1.807, 2.05) is 37.2 Å². The van der Waals surface area contributed by atoms with E-state index in [9.17, 15) is 9.59 Å². The molecule has 1 aromatic rings. The number of amidine groups is 1. The Labute approximate surface area is 142 Å². The monoisotopic (exact) mass is 384 g/mol. The maximum atomic E-state index is 11.8. The number of thioether (sulfide) groups is 1. The topological polar surface area (TPSA) is 65.0 Å². The number of hydrazone groups is 1. The largest absolute Gasteiger partial charge is 0.377 e. The first-order valence-electron chi connectivity index (χ1n) is 6.59. The highest BCUT2D eigenvalue weighted by molar-refractivity contribution is 9.10. The van der Waals surface area contributed by atoms with Crippen molar-refractivity contribution in [3.8, 4) is 0 Å². The van der Waals surface area contributed by atoms with E-state index >= 15 is 0 Å². The fourth-order valence-corrected chi connectivity index (χ4v) is 3.90. The number of carbonyl (C=O) groups is 2. The van der Waals surface area contributed by atoms with Gasteiger partial charge in [-0.2, -0.15) is 0 Å². The molecule has 1 N–H and O–H groups in total. The Balaban J connectivity index is 2.30. The van der Waals surface area contributed by atoms with Gasteiger partial charge in [0.25, 0.3) is 0 Å². The van der Waals surface area contributed by atoms with E-state index in [0.717, 1.165) is 15.7 Å². The Bertz CT molecular complexity index is 648. The summed E-state index contributed by atoms with van der Waals surface area (Å²) < 4.78 is 0.937. The lowest BCUT2D eigenvalue weighted by Crippen LogP contribution is -2.25. The van der Waals surface area contributed by atoms with Gasteiger partial charge in [0.2, 0.25) is 11.8 Å². The molecule has 0 saturated heterocycles. The molecule has 0 radical (unpaired) electrons. The van der Waals surface area contributed by atoms with Crippen LogP contribution in [-0.4, -0.2) is 36.1 Å². The fourth-order valence-electron chi connectivity index (χ4n) is 2.02. The Morgan fingerprint density at radius 2 is 2.05 bits per heavy atom. The zero-order chi connectivity index (χ0) is 16.4. The second-order valence-electron chi connectivity index (χ2n) is 5.03. The fraction of sp³-hybridized carbons (Fsp3) is 0.357. The zero-order valence-electron chi connectivity index (χ0n) is 12.8. The van der Waals surface area contributed by atoms with Gasteiger partial charge in [-0.25, -0.2) is 5.01 Å². The molecule has 0 fully saturated rings. The first-order chi connectivity index (χ1) is 10.3. The number of carbonyl (C=O) groups excluding carboxylic acids is 2. The summed E-state index contributed by atoms with van der Waals surface area (Å²) in [6.07, 6.45) is 0. The van der Waals surface area contributed by atoms with Gasteiger partial charge in [0.15, 0.2) is 5.17 Å². The van der Waals surface area contributed by atoms with Crippen molar-refractivity contribution < 1.29 is 9.59 Å². The lowest BCUT2D eigenvalue weighted by atomic mass is 10.2. The number of amides is 2. The van der Waals surface area contributed by atoms with Crippen molar-refractivity contribution in [2.75, 3.05) is 19.0 Å². The van der Waals surface area contributed by atoms with E-state index in [1.54, 1.807) is 0 Å². The summed E-state index contributed by atoms with van der Waals surface area (Å²) in [6.45, 7) is 2.87. The van der Waals surface area contributed by atoms with Crippen LogP contribution in [0.2, 0.25) is 0 Å². The first-order valence-corrected chi connectivity index (χ1v) is 8.26. The third-order valence-electron chi connectivity index (χ3n) is 2.99. The van der Waals surface area contributed by atoms with Crippen LogP contribution in [0.5, 0.6) is 0 Å². The predicted octanol–water partition coefficient (Wildman–Crippen LogP) is 2.52. The van der Waals surface area contributed by atoms with Crippen molar-refractivity contribution in [1.29, 1.82) is 0 Å². The van der Waals surface area contributed by atoms with Crippen molar-refractivity contribution in [2.45, 2.75) is 19.2 Å². The molecular formula is C14H17BrN4O2S. The van der Waals surface area contributed by atoms with Crippen LogP contribution < -0.4 is 10.2 Å². The number of nitrogens with zero attached hydrogens (tertiary/aromatic N) is 3. The van der Waals surface area contributed by atoms with Crippen LogP contribution in [0.1, 0.15) is 24.8 Å². The predicted molar refractivity (Wildman–Crippen MR) is 92.6 cm³/mol. The number of rotatable bonds is 2. The highest BCUT2D eigenvalue weighted by Crippen LogP contribution is 2.40. The SMILES string of the molecule is CC(=O)NC1=NN(C(C)=O)[C@@H](c2ccc(N(C)C)c(Br)c2)S1. The maximum Gasteiger partial charge on any atom is 0.241 e. The standard InChI is InChI=1S/C14H17BrN4O2S/c1-8(20)16-14-17-19(9(2)21)13(22-14)10-5-6-12(18(3)4)11(15)7-10/h5-7,13H,1-4H3,(H,16,17,20)/t13-/m1/s1. The second-order valence-corrected chi connectivity index (χ2v) is 6.95. The molecule has 1 heterocycles. The number of nitrogens with one attached hydrogen (secondary N) is 1. The van der Waals surface area contributed by atoms with Crippen molar-refractivity contribution in [3.05, 3.63) is 28.2 Å². The van der Waals surface area contributed by atoms with Gasteiger partial charge in [-0.15, -0.1) is 5.10 Å². The van der Waals surface area contributed by atoms with Gasteiger partial charge in [-0.05, 0) is 33.6 Å². The Morgan fingerprint density at radius 1 is 1.36 bits per heavy atom. The summed E-state index contributed by atoms with van der Waals surface area (Å²) in [5.74, 6) is -0.384. The molecule has 2 rings (SSSR count). The highest BCUT2D eigenvalue weighted by Gasteiger charge is 2.32. The van der Waals surface area contributed by atoms with Crippen LogP contribution in [-0.2, 0) is 9.59 Å². The van der Waals surface area contributed by atoms with Crippen LogP contribution in [0.15, 0.2) is 27.8 Å². The van der Waals surface area contributed by atoms with Crippen LogP contribution in [0.4, 0.5) is 5.69 Å². The summed E-state index contributed by atoms with van der Waals surface area (Å²) in [4.78, 5) is 25.0. The van der Waals surface area contributed by atoms with Crippen molar-refractivity contribution in [2.24, 2.45) is 5.10 Å². The minimum Gasteiger partial charge on any atom is -0.377 e. The zero-order valence-corrected chi connectivity index (χ0v) is 15.2. The van der Waals surface area contributed by atoms with E-state index in [4.69, 9.17) is 0 Å². The normalized spacial score (nSPS) is 17.2. The Hall–Kier alpha value is -1.54. The van der Waals surface area contributed by atoms with Crippen LogP contribution in [0.25, 0.3) is 0 Å². The minimum absolute atomic E-state index is 0.175. The van der Waals surface area contributed by atoms with E-state index in [2.05, 4.69) is 26.3 Å². The van der Waals surface area contributed by atoms with Crippen LogP contribution in [0, 0.1) is 0 Å². The minimum atomic E-state index is -0.285. The van der Waals surface area contributed by atoms with Crippen LogP contribution >= 0.6 is 27.7 Å². The molecule has 2 amide bonds. The molecule has 1 atom stereocenters. The van der Waals surface area contributed by atoms with E-state index < -0.39 is 0 Å². The molecule has 118 valence electrons. The molecule has 0 unspecified atom stereocenters. The number of anilines is 1. The molecule has 1 aromatic carbocycles. The average molecular weight is 385 g/mol. The van der Waals surface area contributed by atoms with Gasteiger partial charge >= 0.3 is 0 Å². The van der Waals surface area contributed by atoms with Crippen molar-refractivity contribution in [1.82, 2.24) is 10.3 Å². The quantitative estimate of drug-likeness (QED) is 0.850. The molecule has 8 heteroatoms. The molecule has 1 aliphatic heterocycles. The Morgan fingerprint density at radius 3 is 2.55 bits per heavy atom. The number of halogens is 1. The van der Waals surface area contributed by atoms with E-state index in [-0.39, 0.29) is 17.2 Å². The summed E-state index contributed by atoms with van der Waals surface area (Å²) in [5.41, 5.74) is 1.98. The summed E-state index contributed by atoms with van der Waals surface area (Å²) >= 11 is 4.89. The van der Waals surface area contributed by atoms with Crippen molar-refractivity contribution in [3.63, 3.8) is 0 Å². The molecule has 1 aliphatic rings. The second kappa shape index (κ2) is 6.70. The third kappa shape index (κ3) is 3.61. The molecule has 0 aliphatic carbocycles. The first kappa shape index (κ1) is 16.8. The summed E-state index contributed by atoms with van der Waals surface area (Å²) in [6, 6.07) is 5.91. The molecular weight excluding hydrogens is 368 g/mol. The number of hydrogen-bond acceptors (Lipinski definition) is 5. The van der Waals surface area contributed by atoms with Gasteiger partial charge in [-0.1, -0.05) is 17.8 Å². The smallest absolute Gasteiger partial charge is 0.241 e. The molecule has 0 aromatic heterocycles. The van der Waals surface area contributed by atoms with Gasteiger partial charge in [0.05, 0.1) is 5.69 Å². The maximum absolute atomic E-state index is 11.8. The van der Waals surface area contributed by atoms with E-state index in [1.165, 1.54) is 30.6 Å². The molecule has 0 bridgehead atoms. The lowest BCUT2D eigenvalue weighted by Gasteiger charge is -2.21. The van der Waals surface area contributed by atoms with Gasteiger partial charge < -0.3 is 10.2 Å². The number of benzene rings is 1. The van der Waals surface area contributed by atoms with E-state index in [0.29, 0.717) is 5.17 Å². The van der Waals surface area contributed by atoms with Gasteiger partial charge in [0.1, 0.15) is 5.37 Å². The molecule has 6 nitrogen and oxygen atoms in total.